The van der Waals surface area contributed by atoms with E-state index in [1.807, 2.05) is 11.8 Å². The number of halogens is 1. The molecule has 0 amide bonds. The van der Waals surface area contributed by atoms with Crippen LogP contribution in [0.15, 0.2) is 33.9 Å². The van der Waals surface area contributed by atoms with Crippen molar-refractivity contribution in [2.75, 3.05) is 5.75 Å². The first-order chi connectivity index (χ1) is 23.8. The zero-order valence-corrected chi connectivity index (χ0v) is 34.2. The number of hydrogen-bond donors (Lipinski definition) is 0. The van der Waals surface area contributed by atoms with Gasteiger partial charge < -0.3 is 0 Å². The van der Waals surface area contributed by atoms with Gasteiger partial charge in [0, 0.05) is 22.3 Å². The van der Waals surface area contributed by atoms with Crippen molar-refractivity contribution in [3.05, 3.63) is 34.6 Å². The maximum atomic E-state index is 4.69. The summed E-state index contributed by atoms with van der Waals surface area (Å²) in [7, 11) is 0. The molecule has 0 aliphatic heterocycles. The van der Waals surface area contributed by atoms with Gasteiger partial charge in [-0.05, 0) is 37.1 Å². The van der Waals surface area contributed by atoms with Gasteiger partial charge in [0.05, 0.1) is 0 Å². The molecule has 2 rings (SSSR count). The first kappa shape index (κ1) is 43.4. The van der Waals surface area contributed by atoms with Gasteiger partial charge in [-0.25, -0.2) is 0 Å². The average Bonchev–Trinajstić information content (AvgIpc) is 3.50. The molecule has 5 heteroatoms. The highest BCUT2D eigenvalue weighted by Crippen LogP contribution is 2.26. The number of aryl methyl sites for hydroxylation is 1. The molecule has 1 aromatic carbocycles. The predicted octanol–water partition coefficient (Wildman–Crippen LogP) is 15.8. The van der Waals surface area contributed by atoms with Crippen molar-refractivity contribution in [3.63, 3.8) is 0 Å². The van der Waals surface area contributed by atoms with Crippen molar-refractivity contribution < 1.29 is 0 Å². The number of nitrogens with zero attached hydrogens (tertiary/aromatic N) is 3. The fraction of sp³-hybridized carbons (Fsp3) is 0.814. The van der Waals surface area contributed by atoms with Crippen molar-refractivity contribution in [2.45, 2.75) is 224 Å². The van der Waals surface area contributed by atoms with Gasteiger partial charge in [0.2, 0.25) is 0 Å². The Hall–Kier alpha value is -0.810. The Morgan fingerprint density at radius 3 is 1.21 bits per heavy atom. The first-order valence-electron chi connectivity index (χ1n) is 21.1. The van der Waals surface area contributed by atoms with Crippen molar-refractivity contribution in [3.8, 4) is 5.69 Å². The molecule has 48 heavy (non-hydrogen) atoms. The Kier molecular flexibility index (Phi) is 29.0. The highest BCUT2D eigenvalue weighted by molar-refractivity contribution is 9.10. The lowest BCUT2D eigenvalue weighted by Gasteiger charge is -2.11. The summed E-state index contributed by atoms with van der Waals surface area (Å²) in [4.78, 5) is 0. The molecule has 0 aliphatic carbocycles. The third kappa shape index (κ3) is 22.8. The van der Waals surface area contributed by atoms with Crippen molar-refractivity contribution >= 4 is 27.7 Å². The molecule has 3 nitrogen and oxygen atoms in total. The smallest absolute Gasteiger partial charge is 0.195 e. The summed E-state index contributed by atoms with van der Waals surface area (Å²) in [5, 5.41) is 10.4. The van der Waals surface area contributed by atoms with Crippen LogP contribution in [0.2, 0.25) is 0 Å². The van der Waals surface area contributed by atoms with Crippen molar-refractivity contribution in [2.24, 2.45) is 0 Å². The minimum absolute atomic E-state index is 1.01. The summed E-state index contributed by atoms with van der Waals surface area (Å²) in [6, 6.07) is 8.66. The van der Waals surface area contributed by atoms with E-state index in [9.17, 15) is 0 Å². The van der Waals surface area contributed by atoms with E-state index in [4.69, 9.17) is 5.10 Å². The van der Waals surface area contributed by atoms with Gasteiger partial charge in [-0.15, -0.1) is 10.2 Å². The maximum absolute atomic E-state index is 4.69. The molecule has 0 aliphatic rings. The monoisotopic (exact) mass is 745 g/mol. The lowest BCUT2D eigenvalue weighted by Crippen LogP contribution is -2.03. The molecular weight excluding hydrogens is 670 g/mol. The topological polar surface area (TPSA) is 30.7 Å². The van der Waals surface area contributed by atoms with E-state index in [1.54, 1.807) is 0 Å². The second kappa shape index (κ2) is 32.1. The summed E-state index contributed by atoms with van der Waals surface area (Å²) < 4.78 is 3.44. The maximum Gasteiger partial charge on any atom is 0.195 e. The first-order valence-corrected chi connectivity index (χ1v) is 22.9. The van der Waals surface area contributed by atoms with Crippen LogP contribution >= 0.6 is 27.7 Å². The van der Waals surface area contributed by atoms with Crippen LogP contribution in [0, 0.1) is 0 Å². The quantitative estimate of drug-likeness (QED) is 0.0520. The van der Waals surface area contributed by atoms with E-state index < -0.39 is 0 Å². The summed E-state index contributed by atoms with van der Waals surface area (Å²) in [5.74, 6) is 2.26. The Labute approximate surface area is 311 Å². The fourth-order valence-corrected chi connectivity index (χ4v) is 8.11. The molecule has 276 valence electrons. The third-order valence-corrected chi connectivity index (χ3v) is 11.6. The van der Waals surface area contributed by atoms with Crippen LogP contribution in [0.1, 0.15) is 219 Å². The van der Waals surface area contributed by atoms with Crippen LogP contribution in [-0.2, 0) is 6.42 Å². The van der Waals surface area contributed by atoms with Gasteiger partial charge in [-0.2, -0.15) is 0 Å². The molecule has 0 N–H and O–H groups in total. The van der Waals surface area contributed by atoms with Crippen LogP contribution in [-0.4, -0.2) is 20.5 Å². The largest absolute Gasteiger partial charge is 0.274 e. The highest BCUT2D eigenvalue weighted by Gasteiger charge is 2.14. The van der Waals surface area contributed by atoms with Crippen LogP contribution < -0.4 is 0 Å². The van der Waals surface area contributed by atoms with Crippen molar-refractivity contribution in [1.82, 2.24) is 14.8 Å². The van der Waals surface area contributed by atoms with Gasteiger partial charge in [0.1, 0.15) is 5.82 Å². The standard InChI is InChI=1S/C43H76BrN3S/c1-3-5-7-9-11-13-15-17-19-21-23-25-27-29-31-33-39-48-43-46-45-42(47(43)41-37-35-40(44)36-38-41)34-32-30-28-26-24-22-20-18-16-14-12-10-8-6-4-2/h35-38H,3-34,39H2,1-2H3. The SMILES string of the molecule is CCCCCCCCCCCCCCCCCCSc1nnc(CCCCCCCCCCCCCCCCC)n1-c1ccc(Br)cc1. The Bertz CT molecular complexity index is 959. The number of hydrogen-bond acceptors (Lipinski definition) is 3. The molecular formula is C43H76BrN3S. The third-order valence-electron chi connectivity index (χ3n) is 10.0. The number of thioether (sulfide) groups is 1. The van der Waals surface area contributed by atoms with E-state index in [0.717, 1.165) is 27.6 Å². The average molecular weight is 747 g/mol. The molecule has 0 unspecified atom stereocenters. The molecule has 0 bridgehead atoms. The van der Waals surface area contributed by atoms with Crippen LogP contribution in [0.5, 0.6) is 0 Å². The second-order valence-electron chi connectivity index (χ2n) is 14.6. The summed E-state index contributed by atoms with van der Waals surface area (Å²) in [6.07, 6.45) is 44.7. The van der Waals surface area contributed by atoms with Crippen LogP contribution in [0.25, 0.3) is 5.69 Å². The van der Waals surface area contributed by atoms with Crippen LogP contribution in [0.3, 0.4) is 0 Å². The van der Waals surface area contributed by atoms with Crippen LogP contribution in [0.4, 0.5) is 0 Å². The Balaban J connectivity index is 1.54. The molecule has 1 aromatic heterocycles. The Morgan fingerprint density at radius 2 is 0.812 bits per heavy atom. The molecule has 0 saturated carbocycles. The van der Waals surface area contributed by atoms with Gasteiger partial charge in [0.15, 0.2) is 5.16 Å². The number of aromatic nitrogens is 3. The normalized spacial score (nSPS) is 11.6. The van der Waals surface area contributed by atoms with E-state index in [0.29, 0.717) is 0 Å². The van der Waals surface area contributed by atoms with Gasteiger partial charge in [-0.3, -0.25) is 4.57 Å². The molecule has 1 heterocycles. The number of unbranched alkanes of at least 4 members (excludes halogenated alkanes) is 29. The molecule has 0 fully saturated rings. The lowest BCUT2D eigenvalue weighted by atomic mass is 10.0. The lowest BCUT2D eigenvalue weighted by molar-refractivity contribution is 0.531. The summed E-state index contributed by atoms with van der Waals surface area (Å²) in [6.45, 7) is 4.60. The summed E-state index contributed by atoms with van der Waals surface area (Å²) in [5.41, 5.74) is 1.19. The fourth-order valence-electron chi connectivity index (χ4n) is 6.87. The van der Waals surface area contributed by atoms with Gasteiger partial charge >= 0.3 is 0 Å². The Morgan fingerprint density at radius 1 is 0.458 bits per heavy atom. The molecule has 2 aromatic rings. The van der Waals surface area contributed by atoms with Gasteiger partial charge in [0.25, 0.3) is 0 Å². The minimum Gasteiger partial charge on any atom is -0.274 e. The predicted molar refractivity (Wildman–Crippen MR) is 218 cm³/mol. The molecule has 0 radical (unpaired) electrons. The molecule has 0 atom stereocenters. The highest BCUT2D eigenvalue weighted by atomic mass is 79.9. The number of rotatable bonds is 35. The zero-order chi connectivity index (χ0) is 34.2. The van der Waals surface area contributed by atoms with E-state index in [2.05, 4.69) is 63.7 Å². The second-order valence-corrected chi connectivity index (χ2v) is 16.5. The zero-order valence-electron chi connectivity index (χ0n) is 31.8. The van der Waals surface area contributed by atoms with Crippen molar-refractivity contribution in [1.29, 1.82) is 0 Å². The van der Waals surface area contributed by atoms with Gasteiger partial charge in [-0.1, -0.05) is 228 Å². The van der Waals surface area contributed by atoms with E-state index >= 15 is 0 Å². The molecule has 0 spiro atoms. The minimum atomic E-state index is 1.01. The summed E-state index contributed by atoms with van der Waals surface area (Å²) >= 11 is 5.50. The molecule has 0 saturated heterocycles. The van der Waals surface area contributed by atoms with E-state index in [-0.39, 0.29) is 0 Å². The number of benzene rings is 1. The van der Waals surface area contributed by atoms with E-state index in [1.165, 1.54) is 205 Å².